The molecule has 0 saturated carbocycles. The highest BCUT2D eigenvalue weighted by Crippen LogP contribution is 2.36. The van der Waals surface area contributed by atoms with Gasteiger partial charge in [0, 0.05) is 11.3 Å². The van der Waals surface area contributed by atoms with Gasteiger partial charge in [-0.05, 0) is 49.6 Å². The molecule has 2 aromatic carbocycles. The summed E-state index contributed by atoms with van der Waals surface area (Å²) in [6.45, 7) is 6.34. The maximum Gasteiger partial charge on any atom is 0.143 e. The molecule has 2 heterocycles. The maximum atomic E-state index is 5.54. The summed E-state index contributed by atoms with van der Waals surface area (Å²) in [6.07, 6.45) is 0.701. The lowest BCUT2D eigenvalue weighted by Gasteiger charge is -2.13. The lowest BCUT2D eigenvalue weighted by Crippen LogP contribution is -2.03. The van der Waals surface area contributed by atoms with E-state index in [4.69, 9.17) is 14.7 Å². The summed E-state index contributed by atoms with van der Waals surface area (Å²) >= 11 is 1.72. The second-order valence-corrected chi connectivity index (χ2v) is 8.15. The van der Waals surface area contributed by atoms with E-state index in [0.29, 0.717) is 6.42 Å². The molecule has 1 N–H and O–H groups in total. The summed E-state index contributed by atoms with van der Waals surface area (Å²) in [7, 11) is 1.69. The van der Waals surface area contributed by atoms with E-state index >= 15 is 0 Å². The van der Waals surface area contributed by atoms with Crippen molar-refractivity contribution in [2.75, 3.05) is 12.4 Å². The summed E-state index contributed by atoms with van der Waals surface area (Å²) in [5, 5.41) is 4.60. The van der Waals surface area contributed by atoms with Gasteiger partial charge in [0.25, 0.3) is 0 Å². The van der Waals surface area contributed by atoms with Crippen LogP contribution in [0.5, 0.6) is 5.75 Å². The number of methoxy groups -OCH3 is 1. The molecule has 0 amide bonds. The van der Waals surface area contributed by atoms with Crippen molar-refractivity contribution in [1.82, 2.24) is 9.97 Å². The van der Waals surface area contributed by atoms with Crippen molar-refractivity contribution >= 4 is 33.1 Å². The summed E-state index contributed by atoms with van der Waals surface area (Å²) in [5.41, 5.74) is 4.50. The van der Waals surface area contributed by atoms with Gasteiger partial charge in [-0.15, -0.1) is 11.3 Å². The fraction of sp³-hybridized carbons (Fsp3) is 0.217. The van der Waals surface area contributed by atoms with Gasteiger partial charge in [-0.25, -0.2) is 9.97 Å². The van der Waals surface area contributed by atoms with Crippen LogP contribution in [0.3, 0.4) is 0 Å². The summed E-state index contributed by atoms with van der Waals surface area (Å²) in [6, 6.07) is 16.4. The smallest absolute Gasteiger partial charge is 0.143 e. The normalized spacial score (nSPS) is 11.0. The Kier molecular flexibility index (Phi) is 5.01. The number of nitrogens with one attached hydrogen (secondary N) is 1. The van der Waals surface area contributed by atoms with Gasteiger partial charge in [0.1, 0.15) is 22.2 Å². The number of aromatic nitrogens is 2. The zero-order valence-electron chi connectivity index (χ0n) is 16.5. The second-order valence-electron chi connectivity index (χ2n) is 6.94. The van der Waals surface area contributed by atoms with Crippen LogP contribution in [0.2, 0.25) is 0 Å². The highest BCUT2D eigenvalue weighted by molar-refractivity contribution is 7.18. The quantitative estimate of drug-likeness (QED) is 0.457. The molecule has 142 valence electrons. The number of rotatable bonds is 5. The van der Waals surface area contributed by atoms with Crippen molar-refractivity contribution in [2.24, 2.45) is 0 Å². The van der Waals surface area contributed by atoms with Crippen LogP contribution in [0.25, 0.3) is 10.2 Å². The van der Waals surface area contributed by atoms with Crippen molar-refractivity contribution < 1.29 is 4.74 Å². The van der Waals surface area contributed by atoms with Crippen molar-refractivity contribution in [2.45, 2.75) is 27.2 Å². The Morgan fingerprint density at radius 3 is 2.54 bits per heavy atom. The second kappa shape index (κ2) is 7.60. The van der Waals surface area contributed by atoms with Gasteiger partial charge in [-0.2, -0.15) is 0 Å². The number of fused-ring (bicyclic) bond motifs is 1. The Morgan fingerprint density at radius 2 is 1.79 bits per heavy atom. The molecule has 28 heavy (non-hydrogen) atoms. The molecule has 0 aliphatic heterocycles. The Morgan fingerprint density at radius 1 is 1.00 bits per heavy atom. The van der Waals surface area contributed by atoms with E-state index < -0.39 is 0 Å². The topological polar surface area (TPSA) is 47.0 Å². The number of aryl methyl sites for hydroxylation is 3. The molecule has 2 aromatic heterocycles. The van der Waals surface area contributed by atoms with Crippen molar-refractivity contribution in [3.63, 3.8) is 0 Å². The number of nitrogens with zero attached hydrogens (tertiary/aromatic N) is 2. The molecule has 0 unspecified atom stereocenters. The number of hydrogen-bond acceptors (Lipinski definition) is 5. The minimum absolute atomic E-state index is 0.701. The SMILES string of the molecule is COc1ccc(C)cc1Nc1nc(Cc2ccccc2)nc2sc(C)c(C)c12. The summed E-state index contributed by atoms with van der Waals surface area (Å²) in [5.74, 6) is 2.45. The van der Waals surface area contributed by atoms with E-state index in [1.54, 1.807) is 18.4 Å². The third kappa shape index (κ3) is 3.58. The van der Waals surface area contributed by atoms with Gasteiger partial charge in [0.2, 0.25) is 0 Å². The van der Waals surface area contributed by atoms with Crippen molar-refractivity contribution in [3.8, 4) is 5.75 Å². The van der Waals surface area contributed by atoms with Crippen LogP contribution in [0.15, 0.2) is 48.5 Å². The fourth-order valence-electron chi connectivity index (χ4n) is 3.29. The van der Waals surface area contributed by atoms with Crippen LogP contribution >= 0.6 is 11.3 Å². The minimum Gasteiger partial charge on any atom is -0.495 e. The Balaban J connectivity index is 1.82. The largest absolute Gasteiger partial charge is 0.495 e. The van der Waals surface area contributed by atoms with E-state index in [1.165, 1.54) is 16.0 Å². The maximum absolute atomic E-state index is 5.54. The molecule has 5 heteroatoms. The van der Waals surface area contributed by atoms with Crippen molar-refractivity contribution in [3.05, 3.63) is 75.9 Å². The Hall–Kier alpha value is -2.92. The van der Waals surface area contributed by atoms with Gasteiger partial charge in [-0.3, -0.25) is 0 Å². The lowest BCUT2D eigenvalue weighted by atomic mass is 10.1. The van der Waals surface area contributed by atoms with Crippen LogP contribution < -0.4 is 10.1 Å². The van der Waals surface area contributed by atoms with Crippen LogP contribution in [0.4, 0.5) is 11.5 Å². The highest BCUT2D eigenvalue weighted by atomic mass is 32.1. The molecule has 0 aliphatic rings. The van der Waals surface area contributed by atoms with E-state index in [0.717, 1.165) is 38.9 Å². The molecule has 0 fully saturated rings. The monoisotopic (exact) mass is 389 g/mol. The van der Waals surface area contributed by atoms with E-state index in [1.807, 2.05) is 30.3 Å². The Labute approximate surface area is 169 Å². The molecule has 0 spiro atoms. The summed E-state index contributed by atoms with van der Waals surface area (Å²) < 4.78 is 5.54. The summed E-state index contributed by atoms with van der Waals surface area (Å²) in [4.78, 5) is 12.0. The number of anilines is 2. The molecule has 0 aliphatic carbocycles. The highest BCUT2D eigenvalue weighted by Gasteiger charge is 2.16. The van der Waals surface area contributed by atoms with Crippen LogP contribution in [-0.2, 0) is 6.42 Å². The fourth-order valence-corrected chi connectivity index (χ4v) is 4.34. The first-order valence-corrected chi connectivity index (χ1v) is 10.1. The molecular formula is C23H23N3OS. The standard InChI is InChI=1S/C23H23N3OS/c1-14-10-11-19(27-4)18(12-14)24-22-21-15(2)16(3)28-23(21)26-20(25-22)13-17-8-6-5-7-9-17/h5-12H,13H2,1-4H3,(H,24,25,26). The average Bonchev–Trinajstić information content (AvgIpc) is 2.97. The van der Waals surface area contributed by atoms with Gasteiger partial charge < -0.3 is 10.1 Å². The lowest BCUT2D eigenvalue weighted by molar-refractivity contribution is 0.416. The van der Waals surface area contributed by atoms with Crippen molar-refractivity contribution in [1.29, 1.82) is 0 Å². The Bertz CT molecular complexity index is 1140. The van der Waals surface area contributed by atoms with E-state index in [-0.39, 0.29) is 0 Å². The molecule has 4 aromatic rings. The molecule has 0 saturated heterocycles. The van der Waals surface area contributed by atoms with Crippen LogP contribution in [0.1, 0.15) is 27.4 Å². The first-order chi connectivity index (χ1) is 13.5. The number of thiophene rings is 1. The zero-order chi connectivity index (χ0) is 19.7. The first kappa shape index (κ1) is 18.4. The number of benzene rings is 2. The molecule has 0 bridgehead atoms. The third-order valence-corrected chi connectivity index (χ3v) is 5.99. The minimum atomic E-state index is 0.701. The predicted molar refractivity (Wildman–Crippen MR) is 117 cm³/mol. The van der Waals surface area contributed by atoms with Gasteiger partial charge >= 0.3 is 0 Å². The predicted octanol–water partition coefficient (Wildman–Crippen LogP) is 5.96. The molecule has 0 atom stereocenters. The molecule has 0 radical (unpaired) electrons. The number of hydrogen-bond donors (Lipinski definition) is 1. The van der Waals surface area contributed by atoms with Gasteiger partial charge in [0.15, 0.2) is 0 Å². The number of ether oxygens (including phenoxy) is 1. The first-order valence-electron chi connectivity index (χ1n) is 9.27. The molecule has 4 rings (SSSR count). The van der Waals surface area contributed by atoms with E-state index in [9.17, 15) is 0 Å². The third-order valence-electron chi connectivity index (χ3n) is 4.89. The molecule has 4 nitrogen and oxygen atoms in total. The molecular weight excluding hydrogens is 366 g/mol. The van der Waals surface area contributed by atoms with Gasteiger partial charge in [0.05, 0.1) is 18.2 Å². The van der Waals surface area contributed by atoms with E-state index in [2.05, 4.69) is 44.3 Å². The van der Waals surface area contributed by atoms with Gasteiger partial charge in [-0.1, -0.05) is 36.4 Å². The average molecular weight is 390 g/mol. The van der Waals surface area contributed by atoms with Crippen LogP contribution in [-0.4, -0.2) is 17.1 Å². The van der Waals surface area contributed by atoms with Crippen LogP contribution in [0, 0.1) is 20.8 Å². The zero-order valence-corrected chi connectivity index (χ0v) is 17.4.